The highest BCUT2D eigenvalue weighted by atomic mass is 32.2. The average Bonchev–Trinajstić information content (AvgIpc) is 2.40. The van der Waals surface area contributed by atoms with Crippen molar-refractivity contribution in [3.63, 3.8) is 0 Å². The largest absolute Gasteiger partial charge is 0.349 e. The van der Waals surface area contributed by atoms with Gasteiger partial charge in [-0.25, -0.2) is 4.79 Å². The van der Waals surface area contributed by atoms with Gasteiger partial charge in [0, 0.05) is 11.5 Å². The third kappa shape index (κ3) is 4.67. The summed E-state index contributed by atoms with van der Waals surface area (Å²) in [6.45, 7) is 0. The van der Waals surface area contributed by atoms with Crippen LogP contribution in [0.4, 0.5) is 4.79 Å². The number of amides is 2. The molecule has 0 aromatic heterocycles. The fraction of sp³-hybridized carbons (Fsp3) is 0.133. The Morgan fingerprint density at radius 2 is 1.32 bits per heavy atom. The molecule has 0 atom stereocenters. The van der Waals surface area contributed by atoms with Crippen molar-refractivity contribution in [2.75, 3.05) is 0 Å². The highest BCUT2D eigenvalue weighted by Gasteiger charge is 2.03. The van der Waals surface area contributed by atoms with E-state index in [0.29, 0.717) is 0 Å². The first-order chi connectivity index (χ1) is 9.24. The molecule has 98 valence electrons. The number of urea groups is 1. The van der Waals surface area contributed by atoms with Crippen molar-refractivity contribution in [3.05, 3.63) is 71.8 Å². The van der Waals surface area contributed by atoms with E-state index in [9.17, 15) is 4.79 Å². The van der Waals surface area contributed by atoms with Crippen LogP contribution in [0, 0.1) is 0 Å². The molecule has 2 rings (SSSR count). The first-order valence-electron chi connectivity index (χ1n) is 6.00. The zero-order valence-electron chi connectivity index (χ0n) is 10.5. The first-order valence-corrected chi connectivity index (χ1v) is 7.52. The lowest BCUT2D eigenvalue weighted by molar-refractivity contribution is 0.257. The smallest absolute Gasteiger partial charge is 0.344 e. The Kier molecular flexibility index (Phi) is 4.86. The van der Waals surface area contributed by atoms with E-state index < -0.39 is 16.7 Å². The van der Waals surface area contributed by atoms with Gasteiger partial charge in [0.25, 0.3) is 0 Å². The van der Waals surface area contributed by atoms with Gasteiger partial charge in [-0.3, -0.25) is 0 Å². The van der Waals surface area contributed by atoms with E-state index >= 15 is 0 Å². The Bertz CT molecular complexity index is 524. The normalized spacial score (nSPS) is 10.4. The summed E-state index contributed by atoms with van der Waals surface area (Å²) in [5, 5.41) is 0. The number of benzene rings is 2. The van der Waals surface area contributed by atoms with Gasteiger partial charge in [-0.15, -0.1) is 0 Å². The third-order valence-corrected chi connectivity index (χ3v) is 4.34. The number of hydrogen-bond donors (Lipinski definition) is 1. The van der Waals surface area contributed by atoms with Gasteiger partial charge < -0.3 is 5.73 Å². The van der Waals surface area contributed by atoms with Crippen molar-refractivity contribution in [2.45, 2.75) is 11.5 Å². The molecule has 0 aliphatic carbocycles. The fourth-order valence-corrected chi connectivity index (χ4v) is 3.42. The van der Waals surface area contributed by atoms with Crippen LogP contribution in [0.3, 0.4) is 0 Å². The third-order valence-electron chi connectivity index (χ3n) is 2.57. The SMILES string of the molecule is NC(=O)N=S(Cc1ccccc1)Cc1ccccc1. The average molecular weight is 272 g/mol. The second kappa shape index (κ2) is 6.85. The molecule has 0 saturated heterocycles. The standard InChI is InChI=1S/C15H16N2OS/c16-15(18)17-19(11-13-7-3-1-4-8-13)12-14-9-5-2-6-10-14/h1-10H,11-12H2,(H2,16,18). The lowest BCUT2D eigenvalue weighted by atomic mass is 10.2. The van der Waals surface area contributed by atoms with Crippen molar-refractivity contribution in [1.82, 2.24) is 0 Å². The molecule has 0 fully saturated rings. The molecule has 0 aliphatic rings. The maximum atomic E-state index is 11.1. The molecule has 0 radical (unpaired) electrons. The molecule has 0 aliphatic heterocycles. The molecule has 0 unspecified atom stereocenters. The van der Waals surface area contributed by atoms with E-state index in [1.54, 1.807) is 0 Å². The molecule has 0 bridgehead atoms. The number of carbonyl (C=O) groups is 1. The molecule has 0 spiro atoms. The Hall–Kier alpha value is -1.94. The molecule has 3 nitrogen and oxygen atoms in total. The van der Waals surface area contributed by atoms with E-state index in [0.717, 1.165) is 11.5 Å². The van der Waals surface area contributed by atoms with Gasteiger partial charge in [0.05, 0.1) is 0 Å². The highest BCUT2D eigenvalue weighted by molar-refractivity contribution is 7.86. The quantitative estimate of drug-likeness (QED) is 0.912. The van der Waals surface area contributed by atoms with Crippen molar-refractivity contribution in [2.24, 2.45) is 10.1 Å². The number of rotatable bonds is 4. The zero-order valence-corrected chi connectivity index (χ0v) is 11.3. The van der Waals surface area contributed by atoms with E-state index in [1.807, 2.05) is 60.7 Å². The molecule has 2 aromatic rings. The van der Waals surface area contributed by atoms with Crippen molar-refractivity contribution in [3.8, 4) is 0 Å². The van der Waals surface area contributed by atoms with Gasteiger partial charge in [-0.2, -0.15) is 4.36 Å². The van der Waals surface area contributed by atoms with Gasteiger partial charge in [0.15, 0.2) is 0 Å². The molecule has 19 heavy (non-hydrogen) atoms. The predicted octanol–water partition coefficient (Wildman–Crippen LogP) is 3.27. The second-order valence-electron chi connectivity index (χ2n) is 4.15. The topological polar surface area (TPSA) is 55.5 Å². The van der Waals surface area contributed by atoms with Crippen LogP contribution < -0.4 is 5.73 Å². The van der Waals surface area contributed by atoms with Gasteiger partial charge in [-0.05, 0) is 11.1 Å². The molecule has 4 heteroatoms. The molecule has 2 amide bonds. The highest BCUT2D eigenvalue weighted by Crippen LogP contribution is 2.11. The van der Waals surface area contributed by atoms with Crippen LogP contribution >= 0.6 is 0 Å². The van der Waals surface area contributed by atoms with Crippen LogP contribution in [0.25, 0.3) is 0 Å². The van der Waals surface area contributed by atoms with E-state index in [4.69, 9.17) is 5.73 Å². The number of carbonyl (C=O) groups excluding carboxylic acids is 1. The summed E-state index contributed by atoms with van der Waals surface area (Å²) in [7, 11) is -0.406. The Morgan fingerprint density at radius 1 is 0.895 bits per heavy atom. The lowest BCUT2D eigenvalue weighted by Crippen LogP contribution is -2.09. The van der Waals surface area contributed by atoms with E-state index in [-0.39, 0.29) is 0 Å². The van der Waals surface area contributed by atoms with Crippen LogP contribution in [0.1, 0.15) is 11.1 Å². The van der Waals surface area contributed by atoms with Crippen LogP contribution in [0.2, 0.25) is 0 Å². The second-order valence-corrected chi connectivity index (χ2v) is 5.84. The monoisotopic (exact) mass is 272 g/mol. The summed E-state index contributed by atoms with van der Waals surface area (Å²) in [5.74, 6) is 1.50. The molecular weight excluding hydrogens is 256 g/mol. The summed E-state index contributed by atoms with van der Waals surface area (Å²) >= 11 is 0. The molecule has 0 saturated carbocycles. The Morgan fingerprint density at radius 3 is 1.68 bits per heavy atom. The van der Waals surface area contributed by atoms with Crippen molar-refractivity contribution < 1.29 is 4.79 Å². The number of nitrogens with two attached hydrogens (primary N) is 1. The van der Waals surface area contributed by atoms with Crippen LogP contribution in [0.15, 0.2) is 65.0 Å². The van der Waals surface area contributed by atoms with Gasteiger partial charge >= 0.3 is 6.03 Å². The minimum absolute atomic E-state index is 0.406. The minimum atomic E-state index is -0.588. The Balaban J connectivity index is 2.16. The van der Waals surface area contributed by atoms with E-state index in [1.165, 1.54) is 11.1 Å². The minimum Gasteiger partial charge on any atom is -0.349 e. The van der Waals surface area contributed by atoms with Crippen LogP contribution in [0.5, 0.6) is 0 Å². The van der Waals surface area contributed by atoms with E-state index in [2.05, 4.69) is 4.36 Å². The lowest BCUT2D eigenvalue weighted by Gasteiger charge is -2.08. The first kappa shape index (κ1) is 13.5. The van der Waals surface area contributed by atoms with Gasteiger partial charge in [0.2, 0.25) is 0 Å². The Labute approximate surface area is 115 Å². The summed E-state index contributed by atoms with van der Waals surface area (Å²) in [5.41, 5.74) is 7.55. The van der Waals surface area contributed by atoms with Gasteiger partial charge in [0.1, 0.15) is 0 Å². The molecule has 2 N–H and O–H groups in total. The van der Waals surface area contributed by atoms with Crippen molar-refractivity contribution >= 4 is 16.7 Å². The maximum Gasteiger partial charge on any atom is 0.344 e. The summed E-state index contributed by atoms with van der Waals surface area (Å²) in [6, 6.07) is 19.5. The number of primary amides is 1. The summed E-state index contributed by atoms with van der Waals surface area (Å²) in [4.78, 5) is 11.1. The molecular formula is C15H16N2OS. The summed E-state index contributed by atoms with van der Waals surface area (Å²) < 4.78 is 4.03. The molecule has 2 aromatic carbocycles. The predicted molar refractivity (Wildman–Crippen MR) is 79.7 cm³/mol. The number of nitrogens with zero attached hydrogens (tertiary/aromatic N) is 1. The summed E-state index contributed by atoms with van der Waals surface area (Å²) in [6.07, 6.45) is 0. The fourth-order valence-electron chi connectivity index (χ4n) is 1.78. The van der Waals surface area contributed by atoms with Gasteiger partial charge in [-0.1, -0.05) is 71.4 Å². The maximum absolute atomic E-state index is 11.1. The number of hydrogen-bond acceptors (Lipinski definition) is 1. The van der Waals surface area contributed by atoms with Crippen LogP contribution in [-0.4, -0.2) is 6.03 Å². The van der Waals surface area contributed by atoms with Crippen molar-refractivity contribution in [1.29, 1.82) is 0 Å². The molecule has 0 heterocycles. The van der Waals surface area contributed by atoms with Crippen LogP contribution in [-0.2, 0) is 22.2 Å². The zero-order chi connectivity index (χ0) is 13.5.